The number of rotatable bonds is 7. The molecule has 0 bridgehead atoms. The molecule has 1 N–H and O–H groups in total. The molecule has 0 atom stereocenters. The fourth-order valence-electron chi connectivity index (χ4n) is 2.68. The summed E-state index contributed by atoms with van der Waals surface area (Å²) in [5.41, 5.74) is 1.62. The minimum absolute atomic E-state index is 0.245. The number of anilines is 1. The molecule has 2 amide bonds. The minimum atomic E-state index is -0.245. The van der Waals surface area contributed by atoms with Gasteiger partial charge >= 0.3 is 6.03 Å². The van der Waals surface area contributed by atoms with Crippen molar-refractivity contribution in [2.75, 3.05) is 19.5 Å². The summed E-state index contributed by atoms with van der Waals surface area (Å²) in [6.45, 7) is 0.809. The summed E-state index contributed by atoms with van der Waals surface area (Å²) in [5.74, 6) is 1.92. The zero-order valence-corrected chi connectivity index (χ0v) is 15.3. The van der Waals surface area contributed by atoms with Gasteiger partial charge in [0.25, 0.3) is 0 Å². The van der Waals surface area contributed by atoms with E-state index in [1.807, 2.05) is 36.4 Å². The highest BCUT2D eigenvalue weighted by Gasteiger charge is 2.17. The van der Waals surface area contributed by atoms with Crippen LogP contribution < -0.4 is 14.8 Å². The van der Waals surface area contributed by atoms with Crippen molar-refractivity contribution in [2.45, 2.75) is 13.1 Å². The normalized spacial score (nSPS) is 10.3. The Labute approximate surface area is 158 Å². The first kappa shape index (κ1) is 18.4. The second-order valence-electron chi connectivity index (χ2n) is 5.95. The van der Waals surface area contributed by atoms with Crippen molar-refractivity contribution >= 4 is 11.7 Å². The number of methoxy groups -OCH3 is 2. The van der Waals surface area contributed by atoms with E-state index in [2.05, 4.69) is 5.32 Å². The van der Waals surface area contributed by atoms with Gasteiger partial charge in [-0.2, -0.15) is 0 Å². The highest BCUT2D eigenvalue weighted by atomic mass is 16.5. The summed E-state index contributed by atoms with van der Waals surface area (Å²) in [4.78, 5) is 14.6. The number of hydrogen-bond acceptors (Lipinski definition) is 4. The van der Waals surface area contributed by atoms with Gasteiger partial charge in [0, 0.05) is 30.4 Å². The lowest BCUT2D eigenvalue weighted by atomic mass is 10.2. The van der Waals surface area contributed by atoms with E-state index in [4.69, 9.17) is 13.9 Å². The highest BCUT2D eigenvalue weighted by molar-refractivity contribution is 5.89. The van der Waals surface area contributed by atoms with E-state index in [-0.39, 0.29) is 6.03 Å². The van der Waals surface area contributed by atoms with Crippen molar-refractivity contribution in [2.24, 2.45) is 0 Å². The first-order valence-electron chi connectivity index (χ1n) is 8.53. The van der Waals surface area contributed by atoms with Crippen LogP contribution in [-0.2, 0) is 13.1 Å². The van der Waals surface area contributed by atoms with Crippen LogP contribution in [0.4, 0.5) is 10.5 Å². The van der Waals surface area contributed by atoms with E-state index >= 15 is 0 Å². The van der Waals surface area contributed by atoms with E-state index in [0.29, 0.717) is 36.0 Å². The largest absolute Gasteiger partial charge is 0.497 e. The van der Waals surface area contributed by atoms with E-state index < -0.39 is 0 Å². The van der Waals surface area contributed by atoms with Crippen molar-refractivity contribution in [1.29, 1.82) is 0 Å². The Kier molecular flexibility index (Phi) is 5.99. The lowest BCUT2D eigenvalue weighted by molar-refractivity contribution is 0.201. The fourth-order valence-corrected chi connectivity index (χ4v) is 2.68. The van der Waals surface area contributed by atoms with Crippen LogP contribution in [0.3, 0.4) is 0 Å². The molecule has 0 saturated heterocycles. The number of carbonyl (C=O) groups excluding carboxylic acids is 1. The molecule has 2 aromatic carbocycles. The smallest absolute Gasteiger partial charge is 0.322 e. The molecule has 1 heterocycles. The maximum Gasteiger partial charge on any atom is 0.322 e. The Morgan fingerprint density at radius 2 is 1.67 bits per heavy atom. The molecular weight excluding hydrogens is 344 g/mol. The highest BCUT2D eigenvalue weighted by Crippen LogP contribution is 2.26. The quantitative estimate of drug-likeness (QED) is 0.667. The van der Waals surface area contributed by atoms with Gasteiger partial charge in [-0.05, 0) is 17.7 Å². The number of urea groups is 1. The predicted octanol–water partition coefficient (Wildman–Crippen LogP) is 4.53. The summed E-state index contributed by atoms with van der Waals surface area (Å²) in [6.07, 6.45) is 1.60. The Bertz CT molecular complexity index is 841. The average Bonchev–Trinajstić information content (AvgIpc) is 3.21. The van der Waals surface area contributed by atoms with Crippen LogP contribution in [0.5, 0.6) is 11.5 Å². The van der Waals surface area contributed by atoms with Gasteiger partial charge in [0.1, 0.15) is 17.3 Å². The third-order valence-corrected chi connectivity index (χ3v) is 4.03. The molecule has 140 valence electrons. The second kappa shape index (κ2) is 8.80. The van der Waals surface area contributed by atoms with Crippen LogP contribution in [0, 0.1) is 0 Å². The number of furan rings is 1. The van der Waals surface area contributed by atoms with Crippen LogP contribution in [0.2, 0.25) is 0 Å². The first-order chi connectivity index (χ1) is 13.2. The molecule has 6 nitrogen and oxygen atoms in total. The van der Waals surface area contributed by atoms with Gasteiger partial charge < -0.3 is 24.1 Å². The van der Waals surface area contributed by atoms with Crippen LogP contribution in [0.15, 0.2) is 71.3 Å². The number of amides is 2. The van der Waals surface area contributed by atoms with Crippen molar-refractivity contribution in [3.05, 3.63) is 78.3 Å². The Morgan fingerprint density at radius 1 is 0.963 bits per heavy atom. The van der Waals surface area contributed by atoms with Gasteiger partial charge in [-0.25, -0.2) is 4.79 Å². The average molecular weight is 366 g/mol. The SMILES string of the molecule is COc1cc(NC(=O)N(Cc2ccccc2)Cc2ccco2)cc(OC)c1. The van der Waals surface area contributed by atoms with Crippen LogP contribution >= 0.6 is 0 Å². The Hall–Kier alpha value is -3.41. The molecule has 0 saturated carbocycles. The summed E-state index contributed by atoms with van der Waals surface area (Å²) in [6, 6.07) is 18.5. The van der Waals surface area contributed by atoms with Crippen LogP contribution in [0.1, 0.15) is 11.3 Å². The molecule has 0 aliphatic rings. The third kappa shape index (κ3) is 5.04. The maximum absolute atomic E-state index is 12.9. The molecule has 0 radical (unpaired) electrons. The van der Waals surface area contributed by atoms with Crippen molar-refractivity contribution < 1.29 is 18.7 Å². The lowest BCUT2D eigenvalue weighted by Crippen LogP contribution is -2.34. The molecule has 0 fully saturated rings. The monoisotopic (exact) mass is 366 g/mol. The third-order valence-electron chi connectivity index (χ3n) is 4.03. The van der Waals surface area contributed by atoms with E-state index in [9.17, 15) is 4.79 Å². The zero-order chi connectivity index (χ0) is 19.1. The maximum atomic E-state index is 12.9. The number of benzene rings is 2. The molecular formula is C21H22N2O4. The molecule has 3 aromatic rings. The zero-order valence-electron chi connectivity index (χ0n) is 15.3. The molecule has 0 aliphatic carbocycles. The molecule has 27 heavy (non-hydrogen) atoms. The van der Waals surface area contributed by atoms with Gasteiger partial charge in [-0.1, -0.05) is 30.3 Å². The first-order valence-corrected chi connectivity index (χ1v) is 8.53. The molecule has 1 aromatic heterocycles. The van der Waals surface area contributed by atoms with Gasteiger partial charge in [0.05, 0.1) is 27.0 Å². The second-order valence-corrected chi connectivity index (χ2v) is 5.95. The summed E-state index contributed by atoms with van der Waals surface area (Å²) in [7, 11) is 3.14. The number of hydrogen-bond donors (Lipinski definition) is 1. The minimum Gasteiger partial charge on any atom is -0.497 e. The standard InChI is InChI=1S/C21H22N2O4/c1-25-19-11-17(12-20(13-19)26-2)22-21(24)23(15-18-9-6-10-27-18)14-16-7-4-3-5-8-16/h3-13H,14-15H2,1-2H3,(H,22,24). The van der Waals surface area contributed by atoms with Gasteiger partial charge in [-0.15, -0.1) is 0 Å². The number of nitrogens with zero attached hydrogens (tertiary/aromatic N) is 1. The lowest BCUT2D eigenvalue weighted by Gasteiger charge is -2.22. The van der Waals surface area contributed by atoms with Crippen molar-refractivity contribution in [1.82, 2.24) is 4.90 Å². The van der Waals surface area contributed by atoms with Gasteiger partial charge in [0.2, 0.25) is 0 Å². The van der Waals surface area contributed by atoms with E-state index in [1.54, 1.807) is 49.6 Å². The van der Waals surface area contributed by atoms with Gasteiger partial charge in [0.15, 0.2) is 0 Å². The van der Waals surface area contributed by atoms with E-state index in [1.165, 1.54) is 0 Å². The molecule has 0 spiro atoms. The number of carbonyl (C=O) groups is 1. The number of nitrogens with one attached hydrogen (secondary N) is 1. The molecule has 6 heteroatoms. The molecule has 0 unspecified atom stereocenters. The predicted molar refractivity (Wildman–Crippen MR) is 103 cm³/mol. The Balaban J connectivity index is 1.79. The van der Waals surface area contributed by atoms with Crippen molar-refractivity contribution in [3.63, 3.8) is 0 Å². The van der Waals surface area contributed by atoms with Gasteiger partial charge in [-0.3, -0.25) is 0 Å². The van der Waals surface area contributed by atoms with Crippen LogP contribution in [0.25, 0.3) is 0 Å². The molecule has 3 rings (SSSR count). The van der Waals surface area contributed by atoms with E-state index in [0.717, 1.165) is 5.56 Å². The summed E-state index contributed by atoms with van der Waals surface area (Å²) < 4.78 is 15.9. The van der Waals surface area contributed by atoms with Crippen LogP contribution in [-0.4, -0.2) is 25.2 Å². The van der Waals surface area contributed by atoms with Crippen molar-refractivity contribution in [3.8, 4) is 11.5 Å². The summed E-state index contributed by atoms with van der Waals surface area (Å²) in [5, 5.41) is 2.91. The fraction of sp³-hybridized carbons (Fsp3) is 0.190. The number of ether oxygens (including phenoxy) is 2. The topological polar surface area (TPSA) is 63.9 Å². The molecule has 0 aliphatic heterocycles. The Morgan fingerprint density at radius 3 is 2.26 bits per heavy atom. The summed E-state index contributed by atoms with van der Waals surface area (Å²) >= 11 is 0.